The van der Waals surface area contributed by atoms with Crippen LogP contribution >= 0.6 is 0 Å². The minimum Gasteiger partial charge on any atom is -0.398 e. The predicted octanol–water partition coefficient (Wildman–Crippen LogP) is 2.87. The van der Waals surface area contributed by atoms with Gasteiger partial charge in [-0.2, -0.15) is 0 Å². The van der Waals surface area contributed by atoms with E-state index in [0.717, 1.165) is 66.4 Å². The number of hydrogen-bond donors (Lipinski definition) is 2. The van der Waals surface area contributed by atoms with E-state index in [2.05, 4.69) is 57.1 Å². The van der Waals surface area contributed by atoms with Gasteiger partial charge in [0.05, 0.1) is 11.0 Å². The molecule has 0 aliphatic carbocycles. The summed E-state index contributed by atoms with van der Waals surface area (Å²) < 4.78 is 0. The fraction of sp³-hybridized carbons (Fsp3) is 0.350. The number of aromatic amines is 1. The van der Waals surface area contributed by atoms with E-state index in [9.17, 15) is 0 Å². The second kappa shape index (κ2) is 6.50. The predicted molar refractivity (Wildman–Crippen MR) is 103 cm³/mol. The second-order valence-electron chi connectivity index (χ2n) is 7.09. The van der Waals surface area contributed by atoms with Crippen molar-refractivity contribution in [3.63, 3.8) is 0 Å². The number of aryl methyl sites for hydroxylation is 1. The molecule has 1 aliphatic heterocycles. The molecule has 0 amide bonds. The Balaban J connectivity index is 1.52. The van der Waals surface area contributed by atoms with E-state index >= 15 is 0 Å². The smallest absolute Gasteiger partial charge is 0.138 e. The van der Waals surface area contributed by atoms with Gasteiger partial charge < -0.3 is 15.6 Å². The number of rotatable bonds is 3. The number of H-pyrrole nitrogens is 1. The number of nitrogens with two attached hydrogens (primary N) is 1. The number of imidazole rings is 1. The summed E-state index contributed by atoms with van der Waals surface area (Å²) in [5.41, 5.74) is 12.3. The zero-order chi connectivity index (χ0) is 17.4. The van der Waals surface area contributed by atoms with Crippen LogP contribution in [0.25, 0.3) is 22.4 Å². The molecule has 1 aliphatic rings. The summed E-state index contributed by atoms with van der Waals surface area (Å²) in [6, 6.07) is 12.7. The summed E-state index contributed by atoms with van der Waals surface area (Å²) in [6.45, 7) is 7.62. The Labute approximate surface area is 148 Å². The average Bonchev–Trinajstić information content (AvgIpc) is 3.01. The number of nitrogens with zero attached hydrogens (tertiary/aromatic N) is 3. The van der Waals surface area contributed by atoms with Crippen molar-refractivity contribution in [1.29, 1.82) is 0 Å². The van der Waals surface area contributed by atoms with Crippen LogP contribution in [0.3, 0.4) is 0 Å². The van der Waals surface area contributed by atoms with Crippen LogP contribution in [0.1, 0.15) is 11.1 Å². The third-order valence-electron chi connectivity index (χ3n) is 5.10. The fourth-order valence-electron chi connectivity index (χ4n) is 3.35. The maximum absolute atomic E-state index is 5.99. The van der Waals surface area contributed by atoms with Gasteiger partial charge in [0.15, 0.2) is 0 Å². The summed E-state index contributed by atoms with van der Waals surface area (Å²) in [6.07, 6.45) is 0. The van der Waals surface area contributed by atoms with Crippen molar-refractivity contribution in [1.82, 2.24) is 19.8 Å². The molecular formula is C20H25N5. The molecule has 0 atom stereocenters. The van der Waals surface area contributed by atoms with E-state index in [1.54, 1.807) is 0 Å². The first kappa shape index (κ1) is 16.1. The van der Waals surface area contributed by atoms with E-state index in [4.69, 9.17) is 5.73 Å². The lowest BCUT2D eigenvalue weighted by Crippen LogP contribution is -2.43. The van der Waals surface area contributed by atoms with Crippen LogP contribution in [0.5, 0.6) is 0 Å². The minimum absolute atomic E-state index is 0.785. The molecule has 0 bridgehead atoms. The number of anilines is 1. The van der Waals surface area contributed by atoms with Gasteiger partial charge in [-0.05, 0) is 37.2 Å². The standard InChI is InChI=1S/C20H25N5/c1-14-11-18-19(12-17(14)21)23-20(22-18)16-5-3-15(4-6-16)13-25-9-7-24(2)8-10-25/h3-6,11-12H,7-10,13,21H2,1-2H3,(H,22,23). The van der Waals surface area contributed by atoms with Crippen molar-refractivity contribution in [3.05, 3.63) is 47.5 Å². The molecule has 5 nitrogen and oxygen atoms in total. The van der Waals surface area contributed by atoms with E-state index in [1.165, 1.54) is 5.56 Å². The van der Waals surface area contributed by atoms with Crippen LogP contribution in [-0.4, -0.2) is 53.0 Å². The number of benzene rings is 2. The number of nitrogen functional groups attached to an aromatic ring is 1. The Hall–Kier alpha value is -2.37. The number of nitrogens with one attached hydrogen (secondary N) is 1. The van der Waals surface area contributed by atoms with Crippen LogP contribution in [0.4, 0.5) is 5.69 Å². The molecule has 130 valence electrons. The lowest BCUT2D eigenvalue weighted by atomic mass is 10.1. The molecule has 5 heteroatoms. The molecule has 2 aromatic carbocycles. The highest BCUT2D eigenvalue weighted by Gasteiger charge is 2.14. The van der Waals surface area contributed by atoms with Gasteiger partial charge in [0.2, 0.25) is 0 Å². The van der Waals surface area contributed by atoms with Gasteiger partial charge in [0.25, 0.3) is 0 Å². The number of hydrogen-bond acceptors (Lipinski definition) is 4. The number of aromatic nitrogens is 2. The van der Waals surface area contributed by atoms with Gasteiger partial charge in [0, 0.05) is 44.0 Å². The van der Waals surface area contributed by atoms with Gasteiger partial charge in [-0.15, -0.1) is 0 Å². The van der Waals surface area contributed by atoms with Crippen LogP contribution in [0.15, 0.2) is 36.4 Å². The van der Waals surface area contributed by atoms with Crippen LogP contribution in [-0.2, 0) is 6.54 Å². The molecule has 0 spiro atoms. The van der Waals surface area contributed by atoms with Crippen molar-refractivity contribution >= 4 is 16.7 Å². The first-order valence-electron chi connectivity index (χ1n) is 8.84. The molecule has 4 rings (SSSR count). The van der Waals surface area contributed by atoms with E-state index in [-0.39, 0.29) is 0 Å². The fourth-order valence-corrected chi connectivity index (χ4v) is 3.35. The molecule has 0 unspecified atom stereocenters. The lowest BCUT2D eigenvalue weighted by molar-refractivity contribution is 0.148. The molecule has 3 aromatic rings. The third kappa shape index (κ3) is 3.38. The van der Waals surface area contributed by atoms with Gasteiger partial charge in [0.1, 0.15) is 5.82 Å². The monoisotopic (exact) mass is 335 g/mol. The maximum atomic E-state index is 5.99. The zero-order valence-corrected chi connectivity index (χ0v) is 14.9. The van der Waals surface area contributed by atoms with Crippen LogP contribution in [0, 0.1) is 6.92 Å². The first-order valence-corrected chi connectivity index (χ1v) is 8.84. The minimum atomic E-state index is 0.785. The highest BCUT2D eigenvalue weighted by atomic mass is 15.2. The Bertz CT molecular complexity index is 834. The Morgan fingerprint density at radius 2 is 1.80 bits per heavy atom. The topological polar surface area (TPSA) is 61.2 Å². The second-order valence-corrected chi connectivity index (χ2v) is 7.09. The Kier molecular flexibility index (Phi) is 4.19. The van der Waals surface area contributed by atoms with Gasteiger partial charge in [-0.3, -0.25) is 4.90 Å². The molecular weight excluding hydrogens is 310 g/mol. The van der Waals surface area contributed by atoms with Crippen molar-refractivity contribution in [2.45, 2.75) is 13.5 Å². The molecule has 1 aromatic heterocycles. The molecule has 25 heavy (non-hydrogen) atoms. The Morgan fingerprint density at radius 1 is 1.08 bits per heavy atom. The van der Waals surface area contributed by atoms with Gasteiger partial charge in [-0.25, -0.2) is 4.98 Å². The average molecular weight is 335 g/mol. The molecule has 0 radical (unpaired) electrons. The normalized spacial score (nSPS) is 16.6. The SMILES string of the molecule is Cc1cc2[nH]c(-c3ccc(CN4CCN(C)CC4)cc3)nc2cc1N. The molecule has 0 saturated carbocycles. The number of piperazine rings is 1. The van der Waals surface area contributed by atoms with E-state index in [1.807, 2.05) is 13.0 Å². The van der Waals surface area contributed by atoms with Crippen LogP contribution in [0.2, 0.25) is 0 Å². The maximum Gasteiger partial charge on any atom is 0.138 e. The summed E-state index contributed by atoms with van der Waals surface area (Å²) >= 11 is 0. The van der Waals surface area contributed by atoms with Crippen molar-refractivity contribution < 1.29 is 0 Å². The van der Waals surface area contributed by atoms with Crippen molar-refractivity contribution in [3.8, 4) is 11.4 Å². The lowest BCUT2D eigenvalue weighted by Gasteiger charge is -2.32. The van der Waals surface area contributed by atoms with E-state index in [0.29, 0.717) is 0 Å². The molecule has 2 heterocycles. The number of likely N-dealkylation sites (N-methyl/N-ethyl adjacent to an activating group) is 1. The zero-order valence-electron chi connectivity index (χ0n) is 14.9. The number of fused-ring (bicyclic) bond motifs is 1. The van der Waals surface area contributed by atoms with Gasteiger partial charge in [-0.1, -0.05) is 24.3 Å². The van der Waals surface area contributed by atoms with Gasteiger partial charge >= 0.3 is 0 Å². The summed E-state index contributed by atoms with van der Waals surface area (Å²) in [4.78, 5) is 13.0. The summed E-state index contributed by atoms with van der Waals surface area (Å²) in [7, 11) is 2.19. The molecule has 1 fully saturated rings. The highest BCUT2D eigenvalue weighted by molar-refractivity contribution is 5.83. The molecule has 1 saturated heterocycles. The first-order chi connectivity index (χ1) is 12.1. The summed E-state index contributed by atoms with van der Waals surface area (Å²) in [5.74, 6) is 0.895. The Morgan fingerprint density at radius 3 is 2.52 bits per heavy atom. The van der Waals surface area contributed by atoms with Crippen molar-refractivity contribution in [2.24, 2.45) is 0 Å². The quantitative estimate of drug-likeness (QED) is 0.723. The molecule has 3 N–H and O–H groups in total. The van der Waals surface area contributed by atoms with E-state index < -0.39 is 0 Å². The highest BCUT2D eigenvalue weighted by Crippen LogP contribution is 2.24. The third-order valence-corrected chi connectivity index (χ3v) is 5.10. The summed E-state index contributed by atoms with van der Waals surface area (Å²) in [5, 5.41) is 0. The largest absolute Gasteiger partial charge is 0.398 e. The van der Waals surface area contributed by atoms with Crippen LogP contribution < -0.4 is 5.73 Å². The van der Waals surface area contributed by atoms with Crippen molar-refractivity contribution in [2.75, 3.05) is 39.0 Å².